The van der Waals surface area contributed by atoms with Gasteiger partial charge >= 0.3 is 0 Å². The molecular formula is C24H26N2O4S. The van der Waals surface area contributed by atoms with E-state index in [1.54, 1.807) is 25.3 Å². The van der Waals surface area contributed by atoms with E-state index in [2.05, 4.69) is 5.32 Å². The van der Waals surface area contributed by atoms with Gasteiger partial charge in [0.2, 0.25) is 5.91 Å². The van der Waals surface area contributed by atoms with Gasteiger partial charge in [-0.05, 0) is 73.5 Å². The summed E-state index contributed by atoms with van der Waals surface area (Å²) in [7, 11) is -2.30. The summed E-state index contributed by atoms with van der Waals surface area (Å²) in [5, 5.41) is 2.65. The van der Waals surface area contributed by atoms with Gasteiger partial charge in [-0.3, -0.25) is 9.10 Å². The molecule has 0 spiro atoms. The van der Waals surface area contributed by atoms with Crippen LogP contribution >= 0.6 is 0 Å². The Balaban J connectivity index is 2.07. The van der Waals surface area contributed by atoms with Gasteiger partial charge in [-0.25, -0.2) is 8.42 Å². The number of hydrogen-bond donors (Lipinski definition) is 1. The fraction of sp³-hybridized carbons (Fsp3) is 0.208. The predicted molar refractivity (Wildman–Crippen MR) is 123 cm³/mol. The van der Waals surface area contributed by atoms with Gasteiger partial charge in [0.1, 0.15) is 5.75 Å². The van der Waals surface area contributed by atoms with Crippen LogP contribution in [-0.4, -0.2) is 21.4 Å². The van der Waals surface area contributed by atoms with E-state index in [4.69, 9.17) is 4.74 Å². The second-order valence-electron chi connectivity index (χ2n) is 7.29. The molecule has 0 saturated carbocycles. The van der Waals surface area contributed by atoms with E-state index in [1.807, 2.05) is 56.3 Å². The van der Waals surface area contributed by atoms with Gasteiger partial charge in [-0.1, -0.05) is 24.3 Å². The molecule has 0 bridgehead atoms. The summed E-state index contributed by atoms with van der Waals surface area (Å²) in [6.45, 7) is 5.18. The van der Waals surface area contributed by atoms with Crippen molar-refractivity contribution >= 4 is 27.3 Å². The zero-order chi connectivity index (χ0) is 22.6. The number of amides is 1. The van der Waals surface area contributed by atoms with Crippen molar-refractivity contribution in [3.05, 3.63) is 83.9 Å². The van der Waals surface area contributed by atoms with E-state index in [0.717, 1.165) is 11.1 Å². The monoisotopic (exact) mass is 438 g/mol. The van der Waals surface area contributed by atoms with E-state index in [1.165, 1.54) is 23.4 Å². The van der Waals surface area contributed by atoms with Crippen LogP contribution in [0.4, 0.5) is 11.4 Å². The number of anilines is 2. The molecule has 7 heteroatoms. The van der Waals surface area contributed by atoms with Crippen LogP contribution in [0.3, 0.4) is 0 Å². The van der Waals surface area contributed by atoms with Crippen molar-refractivity contribution in [2.24, 2.45) is 0 Å². The van der Waals surface area contributed by atoms with E-state index >= 15 is 0 Å². The topological polar surface area (TPSA) is 75.7 Å². The highest BCUT2D eigenvalue weighted by molar-refractivity contribution is 7.92. The maximum atomic E-state index is 13.7. The number of sulfonamides is 1. The highest BCUT2D eigenvalue weighted by Crippen LogP contribution is 2.34. The second kappa shape index (κ2) is 9.22. The summed E-state index contributed by atoms with van der Waals surface area (Å²) in [6, 6.07) is 20.5. The number of hydrogen-bond acceptors (Lipinski definition) is 4. The molecule has 3 rings (SSSR count). The first-order chi connectivity index (χ1) is 14.7. The minimum absolute atomic E-state index is 0.142. The summed E-state index contributed by atoms with van der Waals surface area (Å²) in [5.74, 6) is 0.486. The zero-order valence-electron chi connectivity index (χ0n) is 18.0. The number of benzene rings is 3. The van der Waals surface area contributed by atoms with Crippen molar-refractivity contribution in [1.29, 1.82) is 0 Å². The normalized spacial score (nSPS) is 12.1. The Kier molecular flexibility index (Phi) is 6.65. The quantitative estimate of drug-likeness (QED) is 0.568. The Morgan fingerprint density at radius 2 is 1.65 bits per heavy atom. The first kappa shape index (κ1) is 22.4. The van der Waals surface area contributed by atoms with Gasteiger partial charge in [0.25, 0.3) is 10.0 Å². The number of rotatable bonds is 7. The minimum atomic E-state index is -3.89. The van der Waals surface area contributed by atoms with Crippen LogP contribution < -0.4 is 14.4 Å². The first-order valence-corrected chi connectivity index (χ1v) is 11.3. The molecule has 0 heterocycles. The van der Waals surface area contributed by atoms with Gasteiger partial charge in [0, 0.05) is 12.6 Å². The molecule has 31 heavy (non-hydrogen) atoms. The lowest BCUT2D eigenvalue weighted by atomic mass is 10.1. The van der Waals surface area contributed by atoms with Crippen LogP contribution in [0.2, 0.25) is 0 Å². The molecule has 1 atom stereocenters. The lowest BCUT2D eigenvalue weighted by Crippen LogP contribution is -2.33. The highest BCUT2D eigenvalue weighted by Gasteiger charge is 2.30. The summed E-state index contributed by atoms with van der Waals surface area (Å²) < 4.78 is 34.1. The smallest absolute Gasteiger partial charge is 0.264 e. The van der Waals surface area contributed by atoms with Crippen LogP contribution in [0.5, 0.6) is 5.75 Å². The summed E-state index contributed by atoms with van der Waals surface area (Å²) in [6.07, 6.45) is 0. The average molecular weight is 439 g/mol. The molecule has 3 aromatic carbocycles. The third kappa shape index (κ3) is 5.06. The van der Waals surface area contributed by atoms with E-state index in [0.29, 0.717) is 17.1 Å². The Bertz CT molecular complexity index is 1160. The van der Waals surface area contributed by atoms with E-state index in [-0.39, 0.29) is 10.8 Å². The van der Waals surface area contributed by atoms with Crippen molar-refractivity contribution in [2.75, 3.05) is 16.7 Å². The Hall–Kier alpha value is -3.32. The Morgan fingerprint density at radius 3 is 2.19 bits per heavy atom. The van der Waals surface area contributed by atoms with Crippen LogP contribution in [0.25, 0.3) is 0 Å². The van der Waals surface area contributed by atoms with Crippen LogP contribution in [0.1, 0.15) is 31.0 Å². The third-order valence-electron chi connectivity index (χ3n) is 4.94. The number of carbonyl (C=O) groups is 1. The lowest BCUT2D eigenvalue weighted by molar-refractivity contribution is -0.114. The third-order valence-corrected chi connectivity index (χ3v) is 6.85. The van der Waals surface area contributed by atoms with Crippen molar-refractivity contribution in [2.45, 2.75) is 31.7 Å². The van der Waals surface area contributed by atoms with Crippen LogP contribution in [0, 0.1) is 6.92 Å². The molecular weight excluding hydrogens is 412 g/mol. The second-order valence-corrected chi connectivity index (χ2v) is 9.11. The number of nitrogens with one attached hydrogen (secondary N) is 1. The van der Waals surface area contributed by atoms with Gasteiger partial charge in [-0.2, -0.15) is 0 Å². The molecule has 6 nitrogen and oxygen atoms in total. The van der Waals surface area contributed by atoms with E-state index < -0.39 is 16.1 Å². The molecule has 0 aromatic heterocycles. The molecule has 162 valence electrons. The molecule has 0 saturated heterocycles. The average Bonchev–Trinajstić information content (AvgIpc) is 2.74. The van der Waals surface area contributed by atoms with Crippen molar-refractivity contribution in [3.63, 3.8) is 0 Å². The van der Waals surface area contributed by atoms with Gasteiger partial charge in [0.05, 0.1) is 23.7 Å². The maximum absolute atomic E-state index is 13.7. The number of nitrogens with zero attached hydrogens (tertiary/aromatic N) is 1. The lowest BCUT2D eigenvalue weighted by Gasteiger charge is -2.31. The molecule has 0 fully saturated rings. The fourth-order valence-electron chi connectivity index (χ4n) is 3.38. The molecule has 1 unspecified atom stereocenters. The van der Waals surface area contributed by atoms with Crippen LogP contribution in [0.15, 0.2) is 77.7 Å². The molecule has 1 amide bonds. The highest BCUT2D eigenvalue weighted by atomic mass is 32.2. The number of aryl methyl sites for hydroxylation is 1. The number of ether oxygens (including phenoxy) is 1. The zero-order valence-corrected chi connectivity index (χ0v) is 18.8. The molecule has 3 aromatic rings. The summed E-state index contributed by atoms with van der Waals surface area (Å²) in [4.78, 5) is 11.4. The van der Waals surface area contributed by atoms with Crippen molar-refractivity contribution < 1.29 is 17.9 Å². The standard InChI is InChI=1S/C24H26N2O4S/c1-17-6-5-7-22(16-17)26(18(2)20-8-12-23(30-4)13-9-20)31(28,29)24-14-10-21(11-15-24)25-19(3)27/h5-16,18H,1-4H3,(H,25,27). The van der Waals surface area contributed by atoms with Gasteiger partial charge in [0.15, 0.2) is 0 Å². The Morgan fingerprint density at radius 1 is 1.00 bits per heavy atom. The molecule has 1 N–H and O–H groups in total. The summed E-state index contributed by atoms with van der Waals surface area (Å²) >= 11 is 0. The molecule has 0 aliphatic heterocycles. The van der Waals surface area contributed by atoms with Gasteiger partial charge in [-0.15, -0.1) is 0 Å². The molecule has 0 radical (unpaired) electrons. The molecule has 0 aliphatic carbocycles. The fourth-order valence-corrected chi connectivity index (χ4v) is 5.02. The molecule has 0 aliphatic rings. The first-order valence-electron chi connectivity index (χ1n) is 9.85. The van der Waals surface area contributed by atoms with Crippen LogP contribution in [-0.2, 0) is 14.8 Å². The summed E-state index contributed by atoms with van der Waals surface area (Å²) in [5.41, 5.74) is 2.91. The van der Waals surface area contributed by atoms with Crippen molar-refractivity contribution in [3.8, 4) is 5.75 Å². The SMILES string of the molecule is COc1ccc(C(C)N(c2cccc(C)c2)S(=O)(=O)c2ccc(NC(C)=O)cc2)cc1. The predicted octanol–water partition coefficient (Wildman–Crippen LogP) is 4.92. The Labute approximate surface area is 183 Å². The van der Waals surface area contributed by atoms with Gasteiger partial charge < -0.3 is 10.1 Å². The minimum Gasteiger partial charge on any atom is -0.497 e. The van der Waals surface area contributed by atoms with E-state index in [9.17, 15) is 13.2 Å². The number of carbonyl (C=O) groups excluding carboxylic acids is 1. The van der Waals surface area contributed by atoms with Crippen molar-refractivity contribution in [1.82, 2.24) is 0 Å². The maximum Gasteiger partial charge on any atom is 0.264 e. The number of methoxy groups -OCH3 is 1. The largest absolute Gasteiger partial charge is 0.497 e.